The molecule has 11 N–H and O–H groups in total. The molecule has 1 aromatic carbocycles. The fourth-order valence-electron chi connectivity index (χ4n) is 7.32. The van der Waals surface area contributed by atoms with E-state index in [4.69, 9.17) is 5.73 Å². The number of hydrogen-bond acceptors (Lipinski definition) is 11. The number of nitrogens with two attached hydrogens (primary N) is 1. The normalized spacial score (nSPS) is 29.1. The van der Waals surface area contributed by atoms with Gasteiger partial charge in [-0.05, 0) is 29.5 Å². The highest BCUT2D eigenvalue weighted by Gasteiger charge is 2.44. The van der Waals surface area contributed by atoms with Crippen LogP contribution in [-0.4, -0.2) is 133 Å². The molecule has 1 fully saturated rings. The number of aromatic nitrogens is 1. The van der Waals surface area contributed by atoms with Gasteiger partial charge in [0.15, 0.2) is 0 Å². The average molecular weight is 830 g/mol. The number of carbonyl (C=O) groups excluding carboxylic acids is 8. The number of hydrogen-bond donors (Lipinski definition) is 10. The first-order valence-electron chi connectivity index (χ1n) is 19.2. The molecule has 58 heavy (non-hydrogen) atoms. The van der Waals surface area contributed by atoms with Gasteiger partial charge in [-0.1, -0.05) is 40.5 Å². The van der Waals surface area contributed by atoms with Crippen molar-refractivity contribution in [1.82, 2.24) is 41.8 Å². The van der Waals surface area contributed by atoms with Crippen LogP contribution in [0, 0.1) is 11.8 Å². The maximum atomic E-state index is 14.4. The highest BCUT2D eigenvalue weighted by atomic mass is 32.2. The van der Waals surface area contributed by atoms with Crippen LogP contribution in [0.3, 0.4) is 0 Å². The van der Waals surface area contributed by atoms with Crippen LogP contribution >= 0.6 is 0 Å². The van der Waals surface area contributed by atoms with Crippen molar-refractivity contribution in [2.45, 2.75) is 107 Å². The summed E-state index contributed by atoms with van der Waals surface area (Å²) < 4.78 is 14.4. The lowest BCUT2D eigenvalue weighted by Crippen LogP contribution is -2.61. The molecule has 21 heteroatoms. The van der Waals surface area contributed by atoms with Crippen LogP contribution in [0.1, 0.15) is 58.9 Å². The molecule has 3 unspecified atom stereocenters. The molecule has 4 heterocycles. The molecule has 0 saturated carbocycles. The van der Waals surface area contributed by atoms with Gasteiger partial charge in [0.1, 0.15) is 47.0 Å². The molecule has 1 saturated heterocycles. The van der Waals surface area contributed by atoms with Crippen LogP contribution in [0.2, 0.25) is 0 Å². The molecule has 10 atom stereocenters. The number of amides is 8. The van der Waals surface area contributed by atoms with Gasteiger partial charge in [-0.3, -0.25) is 42.6 Å². The minimum absolute atomic E-state index is 0.0335. The van der Waals surface area contributed by atoms with E-state index in [-0.39, 0.29) is 41.2 Å². The minimum atomic E-state index is -2.24. The summed E-state index contributed by atoms with van der Waals surface area (Å²) in [4.78, 5) is 114. The number of benzene rings is 1. The van der Waals surface area contributed by atoms with Crippen molar-refractivity contribution < 1.29 is 52.8 Å². The van der Waals surface area contributed by atoms with Gasteiger partial charge in [-0.25, -0.2) is 0 Å². The molecule has 20 nitrogen and oxygen atoms in total. The third-order valence-corrected chi connectivity index (χ3v) is 12.4. The number of rotatable bonds is 6. The molecule has 3 aliphatic heterocycles. The number of nitrogens with zero attached hydrogens (tertiary/aromatic N) is 1. The highest BCUT2D eigenvalue weighted by Crippen LogP contribution is 2.30. The maximum Gasteiger partial charge on any atom is 0.246 e. The summed E-state index contributed by atoms with van der Waals surface area (Å²) in [7, 11) is -2.24. The van der Waals surface area contributed by atoms with Crippen molar-refractivity contribution in [1.29, 1.82) is 0 Å². The first-order valence-corrected chi connectivity index (χ1v) is 20.5. The number of aliphatic hydroxyl groups excluding tert-OH is 1. The number of phenolic OH excluding ortho intramolecular Hbond substituents is 1. The van der Waals surface area contributed by atoms with Crippen molar-refractivity contribution in [3.05, 3.63) is 23.8 Å². The Hall–Kier alpha value is -5.57. The van der Waals surface area contributed by atoms with Gasteiger partial charge in [0.05, 0.1) is 41.1 Å². The summed E-state index contributed by atoms with van der Waals surface area (Å²) in [5.41, 5.74) is 5.98. The zero-order valence-corrected chi connectivity index (χ0v) is 33.4. The fraction of sp³-hybridized carbons (Fsp3) is 0.568. The van der Waals surface area contributed by atoms with Gasteiger partial charge in [-0.15, -0.1) is 0 Å². The van der Waals surface area contributed by atoms with Gasteiger partial charge < -0.3 is 57.7 Å². The van der Waals surface area contributed by atoms with Gasteiger partial charge in [-0.2, -0.15) is 0 Å². The summed E-state index contributed by atoms with van der Waals surface area (Å²) >= 11 is 0. The molecular formula is C37H51N9O11S. The van der Waals surface area contributed by atoms with E-state index in [1.54, 1.807) is 27.7 Å². The fourth-order valence-corrected chi connectivity index (χ4v) is 8.71. The first-order chi connectivity index (χ1) is 27.4. The van der Waals surface area contributed by atoms with Crippen LogP contribution in [0.4, 0.5) is 0 Å². The van der Waals surface area contributed by atoms with E-state index in [0.29, 0.717) is 18.2 Å². The Morgan fingerprint density at radius 3 is 2.17 bits per heavy atom. The largest absolute Gasteiger partial charge is 0.508 e. The van der Waals surface area contributed by atoms with Crippen molar-refractivity contribution >= 4 is 69.0 Å². The standard InChI is InChI=1S/C37H51N9O11S/c1-5-16(3)29-34(54)39-13-28(50)40-25-15-58(57)36-21(20-8-7-18(47)9-22(20)43-36)11-23(31(51)44-29)41-35(55)30(17(4)6-2)45-33(53)26-10-19(48)14-46(26)37(56)24(12-27(38)49)42-32(25)52/h7-9,16-17,19,23-26,29-30,43,47-48H,5-6,10-15H2,1-4H3,(H2,38,49)(H,39,54)(H,40,50)(H,41,55)(H,42,52)(H,44,51)(H,45,53)/t16?,17-,19+,23-,24-,25-,26-,29-,30?,58?/m0/s1. The molecule has 2 bridgehead atoms. The number of H-pyrrole nitrogens is 1. The lowest BCUT2D eigenvalue weighted by atomic mass is 9.95. The number of aromatic hydroxyl groups is 1. The van der Waals surface area contributed by atoms with Crippen molar-refractivity contribution in [3.63, 3.8) is 0 Å². The van der Waals surface area contributed by atoms with Crippen LogP contribution in [-0.2, 0) is 55.6 Å². The monoisotopic (exact) mass is 829 g/mol. The molecule has 316 valence electrons. The zero-order chi connectivity index (χ0) is 42.6. The minimum Gasteiger partial charge on any atom is -0.508 e. The second-order valence-corrected chi connectivity index (χ2v) is 16.6. The molecule has 0 radical (unpaired) electrons. The number of phenols is 1. The second-order valence-electron chi connectivity index (χ2n) is 15.1. The van der Waals surface area contributed by atoms with Crippen LogP contribution in [0.15, 0.2) is 23.2 Å². The lowest BCUT2D eigenvalue weighted by Gasteiger charge is -2.32. The van der Waals surface area contributed by atoms with Crippen molar-refractivity contribution in [3.8, 4) is 5.75 Å². The topological polar surface area (TPSA) is 311 Å². The molecule has 0 spiro atoms. The smallest absolute Gasteiger partial charge is 0.246 e. The third-order valence-electron chi connectivity index (χ3n) is 11.0. The molecule has 2 aromatic rings. The van der Waals surface area contributed by atoms with E-state index in [0.717, 1.165) is 4.90 Å². The Morgan fingerprint density at radius 2 is 1.52 bits per heavy atom. The quantitative estimate of drug-likeness (QED) is 0.140. The molecule has 8 amide bonds. The Bertz CT molecular complexity index is 2010. The Kier molecular flexibility index (Phi) is 13.8. The van der Waals surface area contributed by atoms with E-state index in [9.17, 15) is 52.8 Å². The number of carbonyl (C=O) groups is 8. The van der Waals surface area contributed by atoms with E-state index in [1.165, 1.54) is 18.2 Å². The third kappa shape index (κ3) is 9.75. The summed E-state index contributed by atoms with van der Waals surface area (Å²) in [6.07, 6.45) is -1.82. The van der Waals surface area contributed by atoms with Gasteiger partial charge in [0.2, 0.25) is 47.3 Å². The summed E-state index contributed by atoms with van der Waals surface area (Å²) in [5, 5.41) is 36.7. The van der Waals surface area contributed by atoms with Crippen LogP contribution < -0.4 is 37.6 Å². The lowest BCUT2D eigenvalue weighted by molar-refractivity contribution is -0.143. The van der Waals surface area contributed by atoms with Gasteiger partial charge in [0, 0.05) is 30.8 Å². The van der Waals surface area contributed by atoms with E-state index in [1.807, 2.05) is 0 Å². The van der Waals surface area contributed by atoms with Crippen LogP contribution in [0.5, 0.6) is 5.75 Å². The predicted octanol–water partition coefficient (Wildman–Crippen LogP) is -2.98. The second kappa shape index (κ2) is 18.3. The number of fused-ring (bicyclic) bond motifs is 5. The molecule has 5 rings (SSSR count). The zero-order valence-electron chi connectivity index (χ0n) is 32.6. The van der Waals surface area contributed by atoms with Crippen molar-refractivity contribution in [2.75, 3.05) is 18.8 Å². The highest BCUT2D eigenvalue weighted by molar-refractivity contribution is 7.85. The summed E-state index contributed by atoms with van der Waals surface area (Å²) in [6.45, 7) is 5.85. The van der Waals surface area contributed by atoms with E-state index in [2.05, 4.69) is 36.9 Å². The SMILES string of the molecule is CCC(C)[C@@H]1NC(=O)[C@@H]2Cc3c([nH]c4cc(O)ccc34)S(=O)C[C@H](NC(=O)CNC1=O)C(=O)N[C@@H](CC(N)=O)C(=O)N1C[C@H](O)C[C@H]1C(=O)NC([C@@H](C)CC)C(=O)N2. The van der Waals surface area contributed by atoms with Crippen LogP contribution in [0.25, 0.3) is 10.9 Å². The first kappa shape index (κ1) is 43.6. The number of aliphatic hydroxyl groups is 1. The molecule has 3 aliphatic rings. The van der Waals surface area contributed by atoms with Crippen molar-refractivity contribution in [2.24, 2.45) is 17.6 Å². The predicted molar refractivity (Wildman–Crippen MR) is 206 cm³/mol. The van der Waals surface area contributed by atoms with Gasteiger partial charge in [0.25, 0.3) is 0 Å². The van der Waals surface area contributed by atoms with Gasteiger partial charge >= 0.3 is 0 Å². The summed E-state index contributed by atoms with van der Waals surface area (Å²) in [5.74, 6) is -9.09. The number of primary amides is 1. The average Bonchev–Trinajstić information content (AvgIpc) is 3.74. The Balaban J connectivity index is 1.74. The number of aromatic amines is 1. The van der Waals surface area contributed by atoms with E-state index >= 15 is 0 Å². The maximum absolute atomic E-state index is 14.4. The van der Waals surface area contributed by atoms with E-state index < -0.39 is 131 Å². The molecule has 0 aliphatic carbocycles. The Morgan fingerprint density at radius 1 is 0.879 bits per heavy atom. The molecular weight excluding hydrogens is 779 g/mol. The Labute approximate surface area is 336 Å². The number of nitrogens with one attached hydrogen (secondary N) is 7. The molecule has 1 aromatic heterocycles. The summed E-state index contributed by atoms with van der Waals surface area (Å²) in [6, 6.07) is -4.60.